The highest BCUT2D eigenvalue weighted by atomic mass is 16.2. The molecule has 0 unspecified atom stereocenters. The van der Waals surface area contributed by atoms with Gasteiger partial charge in [-0.15, -0.1) is 0 Å². The molecule has 2 N–H and O–H groups in total. The van der Waals surface area contributed by atoms with Crippen LogP contribution >= 0.6 is 0 Å². The summed E-state index contributed by atoms with van der Waals surface area (Å²) in [5.41, 5.74) is 1.69. The average molecular weight is 373 g/mol. The number of pyridine rings is 1. The smallest absolute Gasteiger partial charge is 0.240 e. The van der Waals surface area contributed by atoms with Gasteiger partial charge in [0, 0.05) is 18.1 Å². The first-order valence-electron chi connectivity index (χ1n) is 9.66. The van der Waals surface area contributed by atoms with E-state index in [9.17, 15) is 9.59 Å². The topological polar surface area (TPSA) is 71.1 Å². The lowest BCUT2D eigenvalue weighted by Crippen LogP contribution is -2.40. The lowest BCUT2D eigenvalue weighted by Gasteiger charge is -2.16. The Morgan fingerprint density at radius 3 is 2.50 bits per heavy atom. The normalized spacial score (nSPS) is 14.4. The number of carbonyl (C=O) groups is 2. The van der Waals surface area contributed by atoms with Crippen molar-refractivity contribution >= 4 is 28.4 Å². The second-order valence-corrected chi connectivity index (χ2v) is 7.26. The number of nitrogens with one attached hydrogen (secondary N) is 2. The molecule has 2 aromatic carbocycles. The zero-order chi connectivity index (χ0) is 19.4. The Bertz CT molecular complexity index is 992. The molecule has 0 saturated heterocycles. The van der Waals surface area contributed by atoms with E-state index >= 15 is 0 Å². The minimum atomic E-state index is -0.941. The van der Waals surface area contributed by atoms with Crippen LogP contribution in [0.1, 0.15) is 24.8 Å². The molecule has 0 radical (unpaired) electrons. The van der Waals surface area contributed by atoms with Gasteiger partial charge < -0.3 is 10.6 Å². The van der Waals surface area contributed by atoms with Crippen molar-refractivity contribution in [3.63, 3.8) is 0 Å². The van der Waals surface area contributed by atoms with Crippen molar-refractivity contribution < 1.29 is 9.59 Å². The molecule has 1 aliphatic rings. The fourth-order valence-electron chi connectivity index (χ4n) is 3.44. The maximum absolute atomic E-state index is 12.8. The molecule has 5 nitrogen and oxygen atoms in total. The Morgan fingerprint density at radius 1 is 0.929 bits per heavy atom. The number of hydrogen-bond donors (Lipinski definition) is 2. The number of nitrogens with zero attached hydrogens (tertiary/aromatic N) is 1. The van der Waals surface area contributed by atoms with E-state index < -0.39 is 5.41 Å². The van der Waals surface area contributed by atoms with Crippen LogP contribution in [0.15, 0.2) is 66.9 Å². The molecule has 1 heterocycles. The quantitative estimate of drug-likeness (QED) is 0.490. The van der Waals surface area contributed by atoms with E-state index in [1.807, 2.05) is 48.5 Å². The summed E-state index contributed by atoms with van der Waals surface area (Å²) in [5.74, 6) is -0.419. The van der Waals surface area contributed by atoms with Gasteiger partial charge in [0.2, 0.25) is 11.8 Å². The molecule has 1 aromatic heterocycles. The van der Waals surface area contributed by atoms with Crippen molar-refractivity contribution in [3.05, 3.63) is 72.4 Å². The third-order valence-electron chi connectivity index (χ3n) is 5.27. The Labute approximate surface area is 164 Å². The number of aromatic nitrogens is 1. The molecule has 142 valence electrons. The second-order valence-electron chi connectivity index (χ2n) is 7.26. The third-order valence-corrected chi connectivity index (χ3v) is 5.27. The summed E-state index contributed by atoms with van der Waals surface area (Å²) in [6.07, 6.45) is 4.62. The summed E-state index contributed by atoms with van der Waals surface area (Å²) < 4.78 is 0. The molecule has 1 aliphatic carbocycles. The van der Waals surface area contributed by atoms with Gasteiger partial charge in [0.05, 0.1) is 11.2 Å². The number of carbonyl (C=O) groups excluding carboxylic acids is 2. The van der Waals surface area contributed by atoms with E-state index in [1.54, 1.807) is 6.20 Å². The molecular weight excluding hydrogens is 350 g/mol. The predicted molar refractivity (Wildman–Crippen MR) is 110 cm³/mol. The van der Waals surface area contributed by atoms with Crippen LogP contribution in [0.4, 0.5) is 5.69 Å². The van der Waals surface area contributed by atoms with Gasteiger partial charge in [-0.3, -0.25) is 14.6 Å². The number of hydrogen-bond acceptors (Lipinski definition) is 3. The molecule has 28 heavy (non-hydrogen) atoms. The highest BCUT2D eigenvalue weighted by Crippen LogP contribution is 2.47. The van der Waals surface area contributed by atoms with Crippen LogP contribution < -0.4 is 10.6 Å². The molecule has 3 aromatic rings. The fraction of sp³-hybridized carbons (Fsp3) is 0.261. The summed E-state index contributed by atoms with van der Waals surface area (Å²) in [6, 6.07) is 19.6. The van der Waals surface area contributed by atoms with Gasteiger partial charge in [0.1, 0.15) is 5.41 Å². The van der Waals surface area contributed by atoms with Gasteiger partial charge >= 0.3 is 0 Å². The van der Waals surface area contributed by atoms with Crippen LogP contribution in [0.3, 0.4) is 0 Å². The first kappa shape index (κ1) is 18.2. The van der Waals surface area contributed by atoms with Crippen molar-refractivity contribution in [2.45, 2.75) is 25.7 Å². The van der Waals surface area contributed by atoms with Crippen LogP contribution in [0.25, 0.3) is 10.9 Å². The van der Waals surface area contributed by atoms with Gasteiger partial charge in [-0.25, -0.2) is 0 Å². The lowest BCUT2D eigenvalue weighted by atomic mass is 10.0. The molecular formula is C23H23N3O2. The maximum Gasteiger partial charge on any atom is 0.240 e. The Balaban J connectivity index is 1.35. The van der Waals surface area contributed by atoms with Crippen LogP contribution in [0, 0.1) is 5.41 Å². The van der Waals surface area contributed by atoms with Crippen molar-refractivity contribution in [3.8, 4) is 0 Å². The van der Waals surface area contributed by atoms with Crippen LogP contribution in [-0.4, -0.2) is 23.3 Å². The van der Waals surface area contributed by atoms with Gasteiger partial charge in [0.15, 0.2) is 0 Å². The molecule has 1 saturated carbocycles. The largest absolute Gasteiger partial charge is 0.355 e. The minimum absolute atomic E-state index is 0.175. The summed E-state index contributed by atoms with van der Waals surface area (Å²) in [6.45, 7) is 0.568. The number of benzene rings is 2. The van der Waals surface area contributed by atoms with Crippen molar-refractivity contribution in [2.24, 2.45) is 5.41 Å². The zero-order valence-corrected chi connectivity index (χ0v) is 15.7. The maximum atomic E-state index is 12.8. The van der Waals surface area contributed by atoms with Gasteiger partial charge in [0.25, 0.3) is 0 Å². The van der Waals surface area contributed by atoms with E-state index in [1.165, 1.54) is 5.56 Å². The second kappa shape index (κ2) is 7.80. The summed E-state index contributed by atoms with van der Waals surface area (Å²) in [4.78, 5) is 29.8. The van der Waals surface area contributed by atoms with Crippen molar-refractivity contribution in [2.75, 3.05) is 11.9 Å². The summed E-state index contributed by atoms with van der Waals surface area (Å²) >= 11 is 0. The SMILES string of the molecule is O=C(NCCCc1ccccc1)C1(C(=O)Nc2cccc3cccnc23)CC1. The van der Waals surface area contributed by atoms with E-state index in [0.717, 1.165) is 23.7 Å². The average Bonchev–Trinajstić information content (AvgIpc) is 3.54. The standard InChI is InChI=1S/C23H23N3O2/c27-21(25-16-5-9-17-7-2-1-3-8-17)23(13-14-23)22(28)26-19-12-4-10-18-11-6-15-24-20(18)19/h1-4,6-8,10-12,15H,5,9,13-14,16H2,(H,25,27)(H,26,28). The van der Waals surface area contributed by atoms with Gasteiger partial charge in [-0.1, -0.05) is 48.5 Å². The highest BCUT2D eigenvalue weighted by Gasteiger charge is 2.56. The van der Waals surface area contributed by atoms with Crippen molar-refractivity contribution in [1.29, 1.82) is 0 Å². The molecule has 4 rings (SSSR count). The highest BCUT2D eigenvalue weighted by molar-refractivity contribution is 6.14. The first-order valence-corrected chi connectivity index (χ1v) is 9.66. The Hall–Kier alpha value is -3.21. The predicted octanol–water partition coefficient (Wildman–Crippen LogP) is 3.70. The third kappa shape index (κ3) is 3.74. The minimum Gasteiger partial charge on any atom is -0.355 e. The number of amides is 2. The van der Waals surface area contributed by atoms with E-state index in [2.05, 4.69) is 27.8 Å². The van der Waals surface area contributed by atoms with Crippen LogP contribution in [0.2, 0.25) is 0 Å². The summed E-state index contributed by atoms with van der Waals surface area (Å²) in [5, 5.41) is 6.82. The first-order chi connectivity index (χ1) is 13.7. The van der Waals surface area contributed by atoms with E-state index in [-0.39, 0.29) is 11.8 Å². The fourth-order valence-corrected chi connectivity index (χ4v) is 3.44. The van der Waals surface area contributed by atoms with Crippen molar-refractivity contribution in [1.82, 2.24) is 10.3 Å². The number of rotatable bonds is 7. The van der Waals surface area contributed by atoms with Crippen LogP contribution in [0.5, 0.6) is 0 Å². The summed E-state index contributed by atoms with van der Waals surface area (Å²) in [7, 11) is 0. The number of fused-ring (bicyclic) bond motifs is 1. The molecule has 0 atom stereocenters. The van der Waals surface area contributed by atoms with Gasteiger partial charge in [-0.2, -0.15) is 0 Å². The zero-order valence-electron chi connectivity index (χ0n) is 15.7. The van der Waals surface area contributed by atoms with E-state index in [4.69, 9.17) is 0 Å². The number of anilines is 1. The molecule has 1 fully saturated rings. The van der Waals surface area contributed by atoms with Gasteiger partial charge in [-0.05, 0) is 43.4 Å². The molecule has 0 spiro atoms. The molecule has 2 amide bonds. The number of para-hydroxylation sites is 1. The molecule has 5 heteroatoms. The Morgan fingerprint density at radius 2 is 1.71 bits per heavy atom. The van der Waals surface area contributed by atoms with E-state index in [0.29, 0.717) is 25.1 Å². The lowest BCUT2D eigenvalue weighted by molar-refractivity contribution is -0.134. The molecule has 0 aliphatic heterocycles. The van der Waals surface area contributed by atoms with Crippen LogP contribution in [-0.2, 0) is 16.0 Å². The molecule has 0 bridgehead atoms. The Kier molecular flexibility index (Phi) is 5.06. The monoisotopic (exact) mass is 373 g/mol. The number of aryl methyl sites for hydroxylation is 1.